The van der Waals surface area contributed by atoms with Crippen LogP contribution in [0.25, 0.3) is 0 Å². The van der Waals surface area contributed by atoms with Crippen molar-refractivity contribution in [3.63, 3.8) is 0 Å². The molecule has 1 saturated heterocycles. The molecule has 2 aromatic carbocycles. The Bertz CT molecular complexity index is 1050. The van der Waals surface area contributed by atoms with Gasteiger partial charge in [-0.15, -0.1) is 0 Å². The molecular weight excluding hydrogens is 440 g/mol. The Hall–Kier alpha value is -2.29. The fourth-order valence-corrected chi connectivity index (χ4v) is 5.75. The minimum absolute atomic E-state index is 0.0325. The average Bonchev–Trinajstić information content (AvgIpc) is 3.08. The number of fused-ring (bicyclic) bond motifs is 1. The fourth-order valence-electron chi connectivity index (χ4n) is 3.74. The Morgan fingerprint density at radius 1 is 1.06 bits per heavy atom. The lowest BCUT2D eigenvalue weighted by Gasteiger charge is -2.26. The molecule has 2 heterocycles. The van der Waals surface area contributed by atoms with E-state index >= 15 is 0 Å². The maximum Gasteiger partial charge on any atom is 0.251 e. The highest BCUT2D eigenvalue weighted by Crippen LogP contribution is 2.31. The van der Waals surface area contributed by atoms with Gasteiger partial charge in [-0.25, -0.2) is 8.42 Å². The van der Waals surface area contributed by atoms with Crippen LogP contribution >= 0.6 is 11.6 Å². The van der Waals surface area contributed by atoms with Crippen molar-refractivity contribution >= 4 is 27.5 Å². The van der Waals surface area contributed by atoms with E-state index < -0.39 is 15.9 Å². The van der Waals surface area contributed by atoms with E-state index in [0.717, 1.165) is 25.7 Å². The van der Waals surface area contributed by atoms with Crippen LogP contribution in [-0.2, 0) is 10.0 Å². The van der Waals surface area contributed by atoms with Gasteiger partial charge in [-0.3, -0.25) is 4.79 Å². The molecule has 2 aliphatic heterocycles. The highest BCUT2D eigenvalue weighted by Gasteiger charge is 2.28. The lowest BCUT2D eigenvalue weighted by molar-refractivity contribution is 0.0789. The van der Waals surface area contributed by atoms with Crippen LogP contribution in [0.2, 0.25) is 5.02 Å². The molecule has 0 bridgehead atoms. The Morgan fingerprint density at radius 3 is 2.52 bits per heavy atom. The predicted molar refractivity (Wildman–Crippen MR) is 117 cm³/mol. The summed E-state index contributed by atoms with van der Waals surface area (Å²) in [5.74, 6) is 0.905. The van der Waals surface area contributed by atoms with Crippen molar-refractivity contribution in [3.05, 3.63) is 53.1 Å². The third kappa shape index (κ3) is 4.97. The number of benzene rings is 2. The smallest absolute Gasteiger partial charge is 0.251 e. The van der Waals surface area contributed by atoms with Gasteiger partial charge in [0.25, 0.3) is 5.91 Å². The lowest BCUT2D eigenvalue weighted by atomic mass is 10.2. The van der Waals surface area contributed by atoms with Gasteiger partial charge in [0.05, 0.1) is 11.6 Å². The number of rotatable bonds is 5. The quantitative estimate of drug-likeness (QED) is 0.732. The van der Waals surface area contributed by atoms with Crippen LogP contribution in [0.5, 0.6) is 11.5 Å². The maximum absolute atomic E-state index is 13.1. The summed E-state index contributed by atoms with van der Waals surface area (Å²) in [6.07, 6.45) is 3.33. The number of hydrogen-bond donors (Lipinski definition) is 1. The van der Waals surface area contributed by atoms with Gasteiger partial charge >= 0.3 is 0 Å². The van der Waals surface area contributed by atoms with Crippen molar-refractivity contribution in [2.24, 2.45) is 0 Å². The first-order valence-corrected chi connectivity index (χ1v) is 12.2. The molecule has 1 amide bonds. The zero-order valence-corrected chi connectivity index (χ0v) is 18.6. The molecule has 1 atom stereocenters. The van der Waals surface area contributed by atoms with E-state index in [4.69, 9.17) is 21.1 Å². The highest BCUT2D eigenvalue weighted by atomic mass is 35.5. The number of sulfonamides is 1. The molecule has 166 valence electrons. The van der Waals surface area contributed by atoms with Gasteiger partial charge in [0.1, 0.15) is 17.6 Å². The van der Waals surface area contributed by atoms with E-state index in [-0.39, 0.29) is 28.1 Å². The van der Waals surface area contributed by atoms with Crippen LogP contribution in [0.1, 0.15) is 36.0 Å². The molecule has 31 heavy (non-hydrogen) atoms. The number of ether oxygens (including phenoxy) is 2. The standard InChI is InChI=1S/C22H25ClN2O5S/c23-18-10-9-16(13-21(18)31(27,28)25-11-5-1-2-6-12-25)22(26)24-14-17-15-29-19-7-3-4-8-20(19)30-17/h3-4,7-10,13,17H,1-2,5-6,11-12,14-15H2,(H,24,26)/t17-/m1/s1. The lowest BCUT2D eigenvalue weighted by Crippen LogP contribution is -2.40. The third-order valence-electron chi connectivity index (χ3n) is 5.43. The minimum Gasteiger partial charge on any atom is -0.486 e. The summed E-state index contributed by atoms with van der Waals surface area (Å²) in [6.45, 7) is 1.47. The molecule has 0 spiro atoms. The predicted octanol–water partition coefficient (Wildman–Crippen LogP) is 3.47. The van der Waals surface area contributed by atoms with Crippen molar-refractivity contribution in [3.8, 4) is 11.5 Å². The van der Waals surface area contributed by atoms with Gasteiger partial charge in [0.15, 0.2) is 11.5 Å². The summed E-state index contributed by atoms with van der Waals surface area (Å²) in [5, 5.41) is 2.90. The zero-order valence-electron chi connectivity index (χ0n) is 17.1. The molecule has 0 aromatic heterocycles. The van der Waals surface area contributed by atoms with Crippen molar-refractivity contribution < 1.29 is 22.7 Å². The molecule has 0 aliphatic carbocycles. The largest absolute Gasteiger partial charge is 0.486 e. The molecule has 0 saturated carbocycles. The number of halogens is 1. The minimum atomic E-state index is -3.76. The first-order valence-electron chi connectivity index (χ1n) is 10.4. The van der Waals surface area contributed by atoms with Crippen molar-refractivity contribution in [1.29, 1.82) is 0 Å². The number of amides is 1. The normalized spacial score (nSPS) is 19.5. The summed E-state index contributed by atoms with van der Waals surface area (Å²) in [4.78, 5) is 12.7. The molecule has 9 heteroatoms. The van der Waals surface area contributed by atoms with E-state index in [1.165, 1.54) is 22.5 Å². The second-order valence-corrected chi connectivity index (χ2v) is 9.98. The molecule has 2 aliphatic rings. The van der Waals surface area contributed by atoms with Crippen molar-refractivity contribution in [1.82, 2.24) is 9.62 Å². The maximum atomic E-state index is 13.1. The Balaban J connectivity index is 1.44. The van der Waals surface area contributed by atoms with Gasteiger partial charge in [-0.05, 0) is 43.2 Å². The number of nitrogens with zero attached hydrogens (tertiary/aromatic N) is 1. The average molecular weight is 465 g/mol. The van der Waals surface area contributed by atoms with Gasteiger partial charge < -0.3 is 14.8 Å². The highest BCUT2D eigenvalue weighted by molar-refractivity contribution is 7.89. The van der Waals surface area contributed by atoms with E-state index in [2.05, 4.69) is 5.32 Å². The van der Waals surface area contributed by atoms with E-state index in [0.29, 0.717) is 31.2 Å². The first-order chi connectivity index (χ1) is 14.9. The van der Waals surface area contributed by atoms with Gasteiger partial charge in [0, 0.05) is 18.7 Å². The SMILES string of the molecule is O=C(NC[C@@H]1COc2ccccc2O1)c1ccc(Cl)c(S(=O)(=O)N2CCCCCC2)c1. The first kappa shape index (κ1) is 21.9. The topological polar surface area (TPSA) is 84.9 Å². The van der Waals surface area contributed by atoms with Gasteiger partial charge in [0.2, 0.25) is 10.0 Å². The second-order valence-electron chi connectivity index (χ2n) is 7.67. The molecule has 2 aromatic rings. The zero-order chi connectivity index (χ0) is 21.8. The Kier molecular flexibility index (Phi) is 6.69. The monoisotopic (exact) mass is 464 g/mol. The van der Waals surface area contributed by atoms with E-state index in [1.54, 1.807) is 0 Å². The molecule has 0 unspecified atom stereocenters. The van der Waals surface area contributed by atoms with E-state index in [1.807, 2.05) is 24.3 Å². The van der Waals surface area contributed by atoms with E-state index in [9.17, 15) is 13.2 Å². The second kappa shape index (κ2) is 9.46. The van der Waals surface area contributed by atoms with Crippen molar-refractivity contribution in [2.45, 2.75) is 36.7 Å². The molecule has 1 fully saturated rings. The number of carbonyl (C=O) groups is 1. The van der Waals surface area contributed by atoms with Crippen molar-refractivity contribution in [2.75, 3.05) is 26.2 Å². The number of hydrogen-bond acceptors (Lipinski definition) is 5. The van der Waals surface area contributed by atoms with Crippen LogP contribution in [0.15, 0.2) is 47.4 Å². The van der Waals surface area contributed by atoms with Crippen LogP contribution in [-0.4, -0.2) is 51.0 Å². The summed E-state index contributed by atoms with van der Waals surface area (Å²) in [6, 6.07) is 11.7. The third-order valence-corrected chi connectivity index (χ3v) is 7.81. The van der Waals surface area contributed by atoms with Crippen LogP contribution < -0.4 is 14.8 Å². The Labute approximate surface area is 187 Å². The van der Waals surface area contributed by atoms with Crippen LogP contribution in [0.4, 0.5) is 0 Å². The summed E-state index contributed by atoms with van der Waals surface area (Å²) in [5.41, 5.74) is 0.231. The Morgan fingerprint density at radius 2 is 1.77 bits per heavy atom. The molecule has 0 radical (unpaired) electrons. The summed E-state index contributed by atoms with van der Waals surface area (Å²) in [7, 11) is -3.76. The number of nitrogens with one attached hydrogen (secondary N) is 1. The molecule has 4 rings (SSSR count). The molecular formula is C22H25ClN2O5S. The van der Waals surface area contributed by atoms with Crippen LogP contribution in [0.3, 0.4) is 0 Å². The summed E-state index contributed by atoms with van der Waals surface area (Å²) < 4.78 is 39.2. The number of para-hydroxylation sites is 2. The number of carbonyl (C=O) groups excluding carboxylic acids is 1. The summed E-state index contributed by atoms with van der Waals surface area (Å²) >= 11 is 6.22. The fraction of sp³-hybridized carbons (Fsp3) is 0.409. The van der Waals surface area contributed by atoms with Crippen LogP contribution in [0, 0.1) is 0 Å². The van der Waals surface area contributed by atoms with Gasteiger partial charge in [-0.2, -0.15) is 4.31 Å². The molecule has 1 N–H and O–H groups in total. The molecule has 7 nitrogen and oxygen atoms in total. The van der Waals surface area contributed by atoms with Gasteiger partial charge in [-0.1, -0.05) is 36.6 Å².